The summed E-state index contributed by atoms with van der Waals surface area (Å²) in [5.74, 6) is -0.0416. The minimum atomic E-state index is -0.0416. The number of rotatable bonds is 2. The minimum absolute atomic E-state index is 0.0416. The predicted molar refractivity (Wildman–Crippen MR) is 55.4 cm³/mol. The Labute approximate surface area is 91.7 Å². The second-order valence-electron chi connectivity index (χ2n) is 3.08. The second kappa shape index (κ2) is 4.27. The Kier molecular flexibility index (Phi) is 2.82. The molecule has 6 heteroatoms. The molecular weight excluding hydrogens is 216 g/mol. The van der Waals surface area contributed by atoms with E-state index in [1.54, 1.807) is 24.3 Å². The Bertz CT molecular complexity index is 407. The van der Waals surface area contributed by atoms with Gasteiger partial charge in [-0.25, -0.2) is 5.43 Å². The highest BCUT2D eigenvalue weighted by atomic mass is 35.5. The van der Waals surface area contributed by atoms with Crippen molar-refractivity contribution >= 4 is 23.2 Å². The van der Waals surface area contributed by atoms with Gasteiger partial charge in [-0.2, -0.15) is 5.12 Å². The van der Waals surface area contributed by atoms with E-state index in [1.807, 2.05) is 0 Å². The third kappa shape index (κ3) is 2.66. The third-order valence-electron chi connectivity index (χ3n) is 1.88. The summed E-state index contributed by atoms with van der Waals surface area (Å²) < 4.78 is 0. The molecule has 15 heavy (non-hydrogen) atoms. The molecule has 0 unspecified atom stereocenters. The molecule has 0 saturated carbocycles. The molecule has 1 heterocycles. The Balaban J connectivity index is 2.02. The van der Waals surface area contributed by atoms with E-state index in [4.69, 9.17) is 11.6 Å². The van der Waals surface area contributed by atoms with Crippen LogP contribution in [0.4, 0.5) is 5.69 Å². The predicted octanol–water partition coefficient (Wildman–Crippen LogP) is 2.08. The summed E-state index contributed by atoms with van der Waals surface area (Å²) in [5, 5.41) is 9.80. The average molecular weight is 225 g/mol. The standard InChI is InChI=1S/C9H9ClN4O/c10-7-2-1-3-8(6-7)11-13-14-5-4-9(15)12-14/h1-3,6H,4-5H2,(H,12,15). The largest absolute Gasteiger partial charge is 0.273 e. The topological polar surface area (TPSA) is 57.1 Å². The van der Waals surface area contributed by atoms with E-state index in [2.05, 4.69) is 15.8 Å². The van der Waals surface area contributed by atoms with Gasteiger partial charge in [-0.05, 0) is 18.2 Å². The summed E-state index contributed by atoms with van der Waals surface area (Å²) in [5.41, 5.74) is 3.20. The number of benzene rings is 1. The van der Waals surface area contributed by atoms with E-state index in [9.17, 15) is 4.79 Å². The number of nitrogens with zero attached hydrogens (tertiary/aromatic N) is 3. The van der Waals surface area contributed by atoms with E-state index >= 15 is 0 Å². The van der Waals surface area contributed by atoms with Crippen LogP contribution in [-0.2, 0) is 4.79 Å². The average Bonchev–Trinajstić information content (AvgIpc) is 2.62. The Morgan fingerprint density at radius 3 is 3.00 bits per heavy atom. The highest BCUT2D eigenvalue weighted by molar-refractivity contribution is 6.30. The number of nitrogens with one attached hydrogen (secondary N) is 1. The van der Waals surface area contributed by atoms with Crippen LogP contribution in [0.2, 0.25) is 5.02 Å². The number of carbonyl (C=O) groups is 1. The minimum Gasteiger partial charge on any atom is -0.273 e. The fourth-order valence-corrected chi connectivity index (χ4v) is 1.36. The highest BCUT2D eigenvalue weighted by Gasteiger charge is 2.16. The van der Waals surface area contributed by atoms with Crippen LogP contribution in [0.3, 0.4) is 0 Å². The van der Waals surface area contributed by atoms with Gasteiger partial charge in [0, 0.05) is 11.4 Å². The van der Waals surface area contributed by atoms with Gasteiger partial charge in [0.1, 0.15) is 0 Å². The zero-order valence-electron chi connectivity index (χ0n) is 7.85. The first-order chi connectivity index (χ1) is 7.24. The quantitative estimate of drug-likeness (QED) is 0.782. The lowest BCUT2D eigenvalue weighted by atomic mass is 10.3. The molecule has 0 radical (unpaired) electrons. The summed E-state index contributed by atoms with van der Waals surface area (Å²) >= 11 is 5.78. The molecule has 2 rings (SSSR count). The first-order valence-corrected chi connectivity index (χ1v) is 4.86. The molecule has 1 fully saturated rings. The fourth-order valence-electron chi connectivity index (χ4n) is 1.17. The van der Waals surface area contributed by atoms with Crippen molar-refractivity contribution in [1.29, 1.82) is 0 Å². The molecule has 0 aromatic heterocycles. The summed E-state index contributed by atoms with van der Waals surface area (Å²) in [6.07, 6.45) is 0.453. The van der Waals surface area contributed by atoms with E-state index in [1.165, 1.54) is 5.12 Å². The Hall–Kier alpha value is -1.62. The van der Waals surface area contributed by atoms with Crippen molar-refractivity contribution in [2.75, 3.05) is 6.54 Å². The fraction of sp³-hybridized carbons (Fsp3) is 0.222. The van der Waals surface area contributed by atoms with Crippen LogP contribution in [0, 0.1) is 0 Å². The number of hydrogen-bond acceptors (Lipinski definition) is 3. The molecule has 1 saturated heterocycles. The monoisotopic (exact) mass is 224 g/mol. The van der Waals surface area contributed by atoms with Crippen molar-refractivity contribution in [3.63, 3.8) is 0 Å². The van der Waals surface area contributed by atoms with Crippen molar-refractivity contribution in [3.8, 4) is 0 Å². The molecule has 1 aromatic rings. The van der Waals surface area contributed by atoms with Crippen molar-refractivity contribution < 1.29 is 4.79 Å². The molecule has 1 amide bonds. The van der Waals surface area contributed by atoms with Gasteiger partial charge in [0.05, 0.1) is 12.2 Å². The van der Waals surface area contributed by atoms with Crippen LogP contribution in [-0.4, -0.2) is 17.6 Å². The zero-order valence-corrected chi connectivity index (χ0v) is 8.61. The lowest BCUT2D eigenvalue weighted by Gasteiger charge is -2.06. The summed E-state index contributed by atoms with van der Waals surface area (Å²) in [6.45, 7) is 0.545. The summed E-state index contributed by atoms with van der Waals surface area (Å²) in [7, 11) is 0. The van der Waals surface area contributed by atoms with Gasteiger partial charge in [0.2, 0.25) is 5.91 Å². The van der Waals surface area contributed by atoms with Gasteiger partial charge in [0.15, 0.2) is 0 Å². The number of halogens is 1. The van der Waals surface area contributed by atoms with Crippen molar-refractivity contribution in [2.45, 2.75) is 6.42 Å². The van der Waals surface area contributed by atoms with E-state index in [0.29, 0.717) is 23.7 Å². The summed E-state index contributed by atoms with van der Waals surface area (Å²) in [4.78, 5) is 10.8. The zero-order chi connectivity index (χ0) is 10.7. The van der Waals surface area contributed by atoms with Gasteiger partial charge in [-0.3, -0.25) is 4.79 Å². The van der Waals surface area contributed by atoms with Gasteiger partial charge in [0.25, 0.3) is 0 Å². The van der Waals surface area contributed by atoms with E-state index in [0.717, 1.165) is 0 Å². The normalized spacial score (nSPS) is 16.1. The SMILES string of the molecule is O=C1CCN(N=Nc2cccc(Cl)c2)N1. The van der Waals surface area contributed by atoms with Gasteiger partial charge >= 0.3 is 0 Å². The van der Waals surface area contributed by atoms with Crippen LogP contribution in [0.5, 0.6) is 0 Å². The number of amides is 1. The van der Waals surface area contributed by atoms with Crippen LogP contribution in [0.15, 0.2) is 34.6 Å². The van der Waals surface area contributed by atoms with Gasteiger partial charge in [-0.15, -0.1) is 5.11 Å². The van der Waals surface area contributed by atoms with Crippen LogP contribution in [0.1, 0.15) is 6.42 Å². The van der Waals surface area contributed by atoms with E-state index < -0.39 is 0 Å². The molecule has 0 bridgehead atoms. The number of hydrazine groups is 1. The maximum Gasteiger partial charge on any atom is 0.241 e. The Morgan fingerprint density at radius 2 is 2.33 bits per heavy atom. The molecular formula is C9H9ClN4O. The van der Waals surface area contributed by atoms with Crippen molar-refractivity contribution in [3.05, 3.63) is 29.3 Å². The van der Waals surface area contributed by atoms with Crippen LogP contribution < -0.4 is 5.43 Å². The Morgan fingerprint density at radius 1 is 1.47 bits per heavy atom. The van der Waals surface area contributed by atoms with Crippen molar-refractivity contribution in [2.24, 2.45) is 10.3 Å². The molecule has 78 valence electrons. The second-order valence-corrected chi connectivity index (χ2v) is 3.51. The molecule has 1 aliphatic heterocycles. The first-order valence-electron chi connectivity index (χ1n) is 4.48. The first kappa shape index (κ1) is 9.92. The number of hydrogen-bond donors (Lipinski definition) is 1. The number of carbonyl (C=O) groups excluding carboxylic acids is 1. The van der Waals surface area contributed by atoms with Crippen molar-refractivity contribution in [1.82, 2.24) is 10.5 Å². The third-order valence-corrected chi connectivity index (χ3v) is 2.12. The molecule has 0 aliphatic carbocycles. The molecule has 5 nitrogen and oxygen atoms in total. The van der Waals surface area contributed by atoms with Crippen LogP contribution >= 0.6 is 11.6 Å². The van der Waals surface area contributed by atoms with Gasteiger partial charge < -0.3 is 0 Å². The molecule has 1 aromatic carbocycles. The summed E-state index contributed by atoms with van der Waals surface area (Å²) in [6, 6.07) is 7.04. The lowest BCUT2D eigenvalue weighted by molar-refractivity contribution is -0.121. The van der Waals surface area contributed by atoms with Crippen LogP contribution in [0.25, 0.3) is 0 Å². The maximum atomic E-state index is 10.8. The maximum absolute atomic E-state index is 10.8. The molecule has 0 spiro atoms. The lowest BCUT2D eigenvalue weighted by Crippen LogP contribution is -2.27. The smallest absolute Gasteiger partial charge is 0.241 e. The molecule has 0 atom stereocenters. The molecule has 1 aliphatic rings. The highest BCUT2D eigenvalue weighted by Crippen LogP contribution is 2.18. The van der Waals surface area contributed by atoms with E-state index in [-0.39, 0.29) is 5.91 Å². The molecule has 1 N–H and O–H groups in total. The van der Waals surface area contributed by atoms with Gasteiger partial charge in [-0.1, -0.05) is 22.9 Å².